The number of rotatable bonds is 2. The van der Waals surface area contributed by atoms with E-state index in [0.717, 1.165) is 0 Å². The fraction of sp³-hybridized carbons (Fsp3) is 0.500. The summed E-state index contributed by atoms with van der Waals surface area (Å²) in [6.07, 6.45) is -1.74. The molecule has 10 nitrogen and oxygen atoms in total. The van der Waals surface area contributed by atoms with Crippen LogP contribution in [0.4, 0.5) is 0 Å². The van der Waals surface area contributed by atoms with E-state index in [1.165, 1.54) is 30.0 Å². The molecule has 0 aliphatic heterocycles. The highest BCUT2D eigenvalue weighted by Gasteiger charge is 2.67. The van der Waals surface area contributed by atoms with Gasteiger partial charge in [0.25, 0.3) is 0 Å². The Labute approximate surface area is 183 Å². The van der Waals surface area contributed by atoms with E-state index in [9.17, 15) is 39.9 Å². The molecule has 1 amide bonds. The van der Waals surface area contributed by atoms with E-state index in [2.05, 4.69) is 0 Å². The Balaban J connectivity index is 2.02. The summed E-state index contributed by atoms with van der Waals surface area (Å²) in [7, 11) is 3.13. The van der Waals surface area contributed by atoms with Crippen LogP contribution in [0.2, 0.25) is 0 Å². The van der Waals surface area contributed by atoms with Crippen molar-refractivity contribution in [3.05, 3.63) is 40.7 Å². The molecule has 7 atom stereocenters. The zero-order valence-electron chi connectivity index (χ0n) is 17.8. The van der Waals surface area contributed by atoms with E-state index in [0.29, 0.717) is 0 Å². The number of hydrogen-bond acceptors (Lipinski definition) is 9. The zero-order valence-corrected chi connectivity index (χ0v) is 17.8. The Morgan fingerprint density at radius 1 is 1.19 bits per heavy atom. The molecule has 3 aliphatic carbocycles. The Kier molecular flexibility index (Phi) is 4.80. The SMILES string of the molecule is CN(C)C1C(O)C(C(N)=O)C(=O)[C@@]2(O)C(O)=C3C(=O)c4c(O)cccc4[C@@](C)(O)[C@H]3C[C@@H]12. The van der Waals surface area contributed by atoms with Crippen molar-refractivity contribution in [2.24, 2.45) is 23.5 Å². The lowest BCUT2D eigenvalue weighted by molar-refractivity contribution is -0.182. The van der Waals surface area contributed by atoms with Crippen LogP contribution in [0, 0.1) is 17.8 Å². The second kappa shape index (κ2) is 6.85. The van der Waals surface area contributed by atoms with Crippen molar-refractivity contribution in [3.8, 4) is 5.75 Å². The second-order valence-corrected chi connectivity index (χ2v) is 9.29. The number of fused-ring (bicyclic) bond motifs is 3. The number of aliphatic hydroxyl groups excluding tert-OH is 2. The molecule has 0 saturated heterocycles. The van der Waals surface area contributed by atoms with Gasteiger partial charge < -0.3 is 36.2 Å². The molecule has 1 fully saturated rings. The predicted molar refractivity (Wildman–Crippen MR) is 109 cm³/mol. The Morgan fingerprint density at radius 3 is 2.38 bits per heavy atom. The number of aromatic hydroxyl groups is 1. The van der Waals surface area contributed by atoms with Gasteiger partial charge in [-0.05, 0) is 39.1 Å². The van der Waals surface area contributed by atoms with Crippen molar-refractivity contribution < 1.29 is 39.9 Å². The minimum absolute atomic E-state index is 0.147. The topological polar surface area (TPSA) is 182 Å². The van der Waals surface area contributed by atoms with Crippen LogP contribution in [-0.2, 0) is 15.2 Å². The average molecular weight is 446 g/mol. The van der Waals surface area contributed by atoms with Crippen molar-refractivity contribution in [2.45, 2.75) is 36.7 Å². The first-order valence-corrected chi connectivity index (χ1v) is 10.2. The van der Waals surface area contributed by atoms with Crippen LogP contribution in [0.1, 0.15) is 29.3 Å². The van der Waals surface area contributed by atoms with Gasteiger partial charge in [0, 0.05) is 23.5 Å². The highest BCUT2D eigenvalue weighted by atomic mass is 16.4. The number of carbonyl (C=O) groups is 3. The molecule has 0 bridgehead atoms. The van der Waals surface area contributed by atoms with E-state index >= 15 is 0 Å². The number of primary amides is 1. The Morgan fingerprint density at radius 2 is 1.81 bits per heavy atom. The average Bonchev–Trinajstić information content (AvgIpc) is 2.68. The quantitative estimate of drug-likeness (QED) is 0.309. The van der Waals surface area contributed by atoms with Gasteiger partial charge in [-0.25, -0.2) is 0 Å². The van der Waals surface area contributed by atoms with Gasteiger partial charge in [-0.2, -0.15) is 0 Å². The maximum atomic E-state index is 13.3. The number of likely N-dealkylation sites (N-methyl/N-ethyl adjacent to an activating group) is 1. The maximum Gasteiger partial charge on any atom is 0.230 e. The van der Waals surface area contributed by atoms with Crippen LogP contribution >= 0.6 is 0 Å². The molecule has 10 heteroatoms. The molecular weight excluding hydrogens is 420 g/mol. The van der Waals surface area contributed by atoms with E-state index in [-0.39, 0.29) is 17.5 Å². The first-order valence-electron chi connectivity index (χ1n) is 10.2. The minimum Gasteiger partial charge on any atom is -0.508 e. The number of phenols is 1. The van der Waals surface area contributed by atoms with Crippen LogP contribution in [0.5, 0.6) is 5.75 Å². The molecule has 3 unspecified atom stereocenters. The lowest BCUT2D eigenvalue weighted by Gasteiger charge is -2.55. The summed E-state index contributed by atoms with van der Waals surface area (Å²) in [6.45, 7) is 1.41. The monoisotopic (exact) mass is 446 g/mol. The van der Waals surface area contributed by atoms with Crippen LogP contribution < -0.4 is 5.73 Å². The number of benzene rings is 1. The van der Waals surface area contributed by atoms with Crippen molar-refractivity contribution in [1.29, 1.82) is 0 Å². The highest BCUT2D eigenvalue weighted by molar-refractivity contribution is 6.15. The van der Waals surface area contributed by atoms with E-state index < -0.39 is 75.7 Å². The summed E-state index contributed by atoms with van der Waals surface area (Å²) in [6, 6.07) is 3.20. The molecule has 0 spiro atoms. The molecule has 0 heterocycles. The second-order valence-electron chi connectivity index (χ2n) is 9.29. The number of phenolic OH excluding ortho intramolecular Hbond substituents is 1. The maximum absolute atomic E-state index is 13.3. The minimum atomic E-state index is -2.69. The molecule has 1 aromatic rings. The largest absolute Gasteiger partial charge is 0.508 e. The number of nitrogens with two attached hydrogens (primary N) is 1. The van der Waals surface area contributed by atoms with Crippen LogP contribution in [0.25, 0.3) is 0 Å². The predicted octanol–water partition coefficient (Wildman–Crippen LogP) is -1.05. The number of carbonyl (C=O) groups excluding carboxylic acids is 3. The first kappa shape index (κ1) is 22.4. The Bertz CT molecular complexity index is 1080. The number of nitrogens with zero attached hydrogens (tertiary/aromatic N) is 1. The lowest BCUT2D eigenvalue weighted by atomic mass is 9.53. The first-order chi connectivity index (χ1) is 14.8. The van der Waals surface area contributed by atoms with Crippen molar-refractivity contribution in [2.75, 3.05) is 14.1 Å². The molecule has 1 saturated carbocycles. The number of amides is 1. The molecule has 1 aromatic carbocycles. The van der Waals surface area contributed by atoms with Gasteiger partial charge >= 0.3 is 0 Å². The molecule has 172 valence electrons. The third kappa shape index (κ3) is 2.57. The smallest absolute Gasteiger partial charge is 0.230 e. The normalized spacial score (nSPS) is 38.9. The molecule has 32 heavy (non-hydrogen) atoms. The van der Waals surface area contributed by atoms with Crippen LogP contribution in [0.3, 0.4) is 0 Å². The lowest BCUT2D eigenvalue weighted by Crippen LogP contribution is -2.71. The van der Waals surface area contributed by atoms with Gasteiger partial charge in [-0.1, -0.05) is 12.1 Å². The van der Waals surface area contributed by atoms with Gasteiger partial charge in [-0.15, -0.1) is 0 Å². The molecule has 0 aromatic heterocycles. The van der Waals surface area contributed by atoms with E-state index in [4.69, 9.17) is 5.73 Å². The summed E-state index contributed by atoms with van der Waals surface area (Å²) < 4.78 is 0. The molecular formula is C22H26N2O8. The standard InChI is InChI=1S/C22H26N2O8/c1-21(31)8-5-4-6-11(25)12(8)16(26)13-9(21)7-10-15(24(2)3)17(27)14(20(23)30)19(29)22(10,32)18(13)28/h4-6,9-10,14-15,17,25,27-28,31-32H,7H2,1-3H3,(H2,23,30)/t9-,10-,14?,15?,17?,21+,22-/m0/s1. The van der Waals surface area contributed by atoms with Crippen LogP contribution in [-0.4, -0.2) is 79.7 Å². The fourth-order valence-corrected chi connectivity index (χ4v) is 5.86. The van der Waals surface area contributed by atoms with Crippen molar-refractivity contribution in [3.63, 3.8) is 0 Å². The number of Topliss-reactive ketones (excluding diaryl/α,β-unsaturated/α-hetero) is 2. The van der Waals surface area contributed by atoms with Gasteiger partial charge in [0.05, 0.1) is 17.3 Å². The van der Waals surface area contributed by atoms with Crippen LogP contribution in [0.15, 0.2) is 29.5 Å². The highest BCUT2D eigenvalue weighted by Crippen LogP contribution is 2.56. The molecule has 7 N–H and O–H groups in total. The Hall–Kier alpha value is -2.79. The molecule has 0 radical (unpaired) electrons. The van der Waals surface area contributed by atoms with Gasteiger partial charge in [-0.3, -0.25) is 14.4 Å². The van der Waals surface area contributed by atoms with E-state index in [1.54, 1.807) is 14.1 Å². The number of hydrogen-bond donors (Lipinski definition) is 6. The zero-order chi connectivity index (χ0) is 23.9. The third-order valence-electron chi connectivity index (χ3n) is 7.39. The summed E-state index contributed by atoms with van der Waals surface area (Å²) in [4.78, 5) is 40.0. The summed E-state index contributed by atoms with van der Waals surface area (Å²) >= 11 is 0. The number of aliphatic hydroxyl groups is 4. The molecule has 4 rings (SSSR count). The third-order valence-corrected chi connectivity index (χ3v) is 7.39. The van der Waals surface area contributed by atoms with Crippen molar-refractivity contribution >= 4 is 17.5 Å². The van der Waals surface area contributed by atoms with Gasteiger partial charge in [0.1, 0.15) is 17.4 Å². The van der Waals surface area contributed by atoms with Gasteiger partial charge in [0.15, 0.2) is 17.2 Å². The number of ketones is 2. The van der Waals surface area contributed by atoms with Crippen molar-refractivity contribution in [1.82, 2.24) is 4.90 Å². The summed E-state index contributed by atoms with van der Waals surface area (Å²) in [5.74, 6) is -8.67. The van der Waals surface area contributed by atoms with E-state index in [1.807, 2.05) is 0 Å². The molecule has 3 aliphatic rings. The summed E-state index contributed by atoms with van der Waals surface area (Å²) in [5.41, 5.74) is 0.394. The van der Waals surface area contributed by atoms with Gasteiger partial charge in [0.2, 0.25) is 5.91 Å². The summed E-state index contributed by atoms with van der Waals surface area (Å²) in [5, 5.41) is 55.2. The fourth-order valence-electron chi connectivity index (χ4n) is 5.86.